The largest absolute Gasteiger partial charge is 0.477 e. The molecule has 1 aliphatic heterocycles. The van der Waals surface area contributed by atoms with E-state index in [2.05, 4.69) is 4.98 Å². The van der Waals surface area contributed by atoms with Gasteiger partial charge < -0.3 is 19.7 Å². The van der Waals surface area contributed by atoms with Gasteiger partial charge >= 0.3 is 5.97 Å². The van der Waals surface area contributed by atoms with E-state index in [4.69, 9.17) is 4.74 Å². The summed E-state index contributed by atoms with van der Waals surface area (Å²) in [7, 11) is -3.44. The number of nitrogens with one attached hydrogen (secondary N) is 1. The number of ether oxygens (including phenoxy) is 1. The Morgan fingerprint density at radius 1 is 1.20 bits per heavy atom. The Hall–Kier alpha value is -3.50. The molecule has 1 amide bonds. The number of fused-ring (bicyclic) bond motifs is 1. The molecule has 10 heteroatoms. The summed E-state index contributed by atoms with van der Waals surface area (Å²) in [5.74, 6) is -2.57. The van der Waals surface area contributed by atoms with Gasteiger partial charge in [-0.1, -0.05) is 30.3 Å². The molecule has 2 N–H and O–H groups in total. The van der Waals surface area contributed by atoms with Crippen LogP contribution < -0.4 is 0 Å². The number of sulfone groups is 1. The molecular formula is C25H25FN2O6S. The molecule has 8 nitrogen and oxygen atoms in total. The number of halogens is 1. The summed E-state index contributed by atoms with van der Waals surface area (Å²) in [6.07, 6.45) is 2.53. The minimum absolute atomic E-state index is 0.00839. The second kappa shape index (κ2) is 9.63. The summed E-state index contributed by atoms with van der Waals surface area (Å²) in [6.45, 7) is 3.74. The average Bonchev–Trinajstić information content (AvgIpc) is 3.20. The van der Waals surface area contributed by atoms with Gasteiger partial charge in [0.05, 0.1) is 24.5 Å². The number of morpholine rings is 1. The maximum absolute atomic E-state index is 14.8. The Labute approximate surface area is 201 Å². The minimum atomic E-state index is -3.44. The van der Waals surface area contributed by atoms with Crippen molar-refractivity contribution in [3.05, 3.63) is 65.1 Å². The van der Waals surface area contributed by atoms with Crippen LogP contribution in [0.1, 0.15) is 28.5 Å². The second-order valence-corrected chi connectivity index (χ2v) is 10.7. The van der Waals surface area contributed by atoms with Crippen LogP contribution in [0.25, 0.3) is 27.6 Å². The van der Waals surface area contributed by atoms with E-state index in [0.29, 0.717) is 53.9 Å². The fraction of sp³-hybridized carbons (Fsp3) is 0.280. The first-order valence-corrected chi connectivity index (χ1v) is 13.0. The van der Waals surface area contributed by atoms with Gasteiger partial charge in [0.15, 0.2) is 9.84 Å². The first-order chi connectivity index (χ1) is 16.5. The molecule has 0 saturated carbocycles. The van der Waals surface area contributed by atoms with E-state index in [9.17, 15) is 27.5 Å². The summed E-state index contributed by atoms with van der Waals surface area (Å²) >= 11 is 0. The van der Waals surface area contributed by atoms with Gasteiger partial charge in [-0.2, -0.15) is 0 Å². The lowest BCUT2D eigenvalue weighted by Gasteiger charge is -2.25. The molecule has 0 spiro atoms. The van der Waals surface area contributed by atoms with E-state index in [1.165, 1.54) is 18.2 Å². The fourth-order valence-corrected chi connectivity index (χ4v) is 5.05. The number of rotatable bonds is 6. The van der Waals surface area contributed by atoms with Crippen molar-refractivity contribution in [1.29, 1.82) is 0 Å². The van der Waals surface area contributed by atoms with Gasteiger partial charge in [0.25, 0.3) is 0 Å². The predicted octanol–water partition coefficient (Wildman–Crippen LogP) is 3.48. The smallest absolute Gasteiger partial charge is 0.352 e. The van der Waals surface area contributed by atoms with Crippen LogP contribution in [0.15, 0.2) is 42.5 Å². The van der Waals surface area contributed by atoms with Crippen LogP contribution in [0.2, 0.25) is 0 Å². The standard InChI is InChI=1S/C25H25FN2O6S/c1-15(12-21(29)28-8-10-34-11-9-28)18-4-3-5-19-22(24(25(30)31)27-23(18)19)16-6-7-17(20(26)13-16)14-35(2,32)33/h3-7,12-13,27H,8-11,14H2,1-2H3,(H,30,31)/b15-12+. The number of aromatic nitrogens is 1. The van der Waals surface area contributed by atoms with Crippen molar-refractivity contribution in [2.75, 3.05) is 32.6 Å². The molecule has 3 aromatic rings. The number of para-hydroxylation sites is 1. The lowest BCUT2D eigenvalue weighted by molar-refractivity contribution is -0.129. The third-order valence-electron chi connectivity index (χ3n) is 5.89. The Morgan fingerprint density at radius 2 is 1.91 bits per heavy atom. The number of aromatic carboxylic acids is 1. The van der Waals surface area contributed by atoms with Gasteiger partial charge in [0.2, 0.25) is 5.91 Å². The maximum Gasteiger partial charge on any atom is 0.352 e. The molecule has 1 saturated heterocycles. The first kappa shape index (κ1) is 24.6. The van der Waals surface area contributed by atoms with Crippen molar-refractivity contribution < 1.29 is 32.2 Å². The third kappa shape index (κ3) is 5.28. The van der Waals surface area contributed by atoms with Crippen LogP contribution >= 0.6 is 0 Å². The van der Waals surface area contributed by atoms with Gasteiger partial charge in [-0.25, -0.2) is 17.6 Å². The molecule has 0 radical (unpaired) electrons. The highest BCUT2D eigenvalue weighted by molar-refractivity contribution is 7.89. The van der Waals surface area contributed by atoms with E-state index < -0.39 is 27.4 Å². The summed E-state index contributed by atoms with van der Waals surface area (Å²) in [5.41, 5.74) is 2.25. The lowest BCUT2D eigenvalue weighted by Crippen LogP contribution is -2.39. The number of allylic oxidation sites excluding steroid dienone is 1. The van der Waals surface area contributed by atoms with Crippen LogP contribution in [-0.2, 0) is 25.1 Å². The molecule has 0 atom stereocenters. The second-order valence-electron chi connectivity index (χ2n) is 8.55. The Balaban J connectivity index is 1.80. The predicted molar refractivity (Wildman–Crippen MR) is 130 cm³/mol. The van der Waals surface area contributed by atoms with Crippen LogP contribution in [0.5, 0.6) is 0 Å². The Morgan fingerprint density at radius 3 is 2.54 bits per heavy atom. The first-order valence-electron chi connectivity index (χ1n) is 10.9. The molecule has 1 aromatic heterocycles. The number of amides is 1. The summed E-state index contributed by atoms with van der Waals surface area (Å²) in [4.78, 5) is 29.4. The summed E-state index contributed by atoms with van der Waals surface area (Å²) < 4.78 is 43.2. The number of hydrogen-bond donors (Lipinski definition) is 2. The van der Waals surface area contributed by atoms with Crippen LogP contribution in [-0.4, -0.2) is 67.8 Å². The molecule has 2 heterocycles. The summed E-state index contributed by atoms with van der Waals surface area (Å²) in [6, 6.07) is 9.25. The third-order valence-corrected chi connectivity index (χ3v) is 6.73. The minimum Gasteiger partial charge on any atom is -0.477 e. The SMILES string of the molecule is C/C(=C\C(=O)N1CCOCC1)c1cccc2c(-c3ccc(CS(C)(=O)=O)c(F)c3)c(C(=O)O)[nH]c12. The Kier molecular flexibility index (Phi) is 6.77. The number of aromatic amines is 1. The van der Waals surface area contributed by atoms with Crippen LogP contribution in [0.4, 0.5) is 4.39 Å². The maximum atomic E-state index is 14.8. The van der Waals surface area contributed by atoms with Crippen LogP contribution in [0, 0.1) is 5.82 Å². The van der Waals surface area contributed by atoms with E-state index >= 15 is 0 Å². The fourth-order valence-electron chi connectivity index (χ4n) is 4.25. The number of carboxylic acid groups (broad SMARTS) is 1. The monoisotopic (exact) mass is 500 g/mol. The molecule has 4 rings (SSSR count). The van der Waals surface area contributed by atoms with Crippen molar-refractivity contribution in [2.45, 2.75) is 12.7 Å². The zero-order valence-electron chi connectivity index (χ0n) is 19.3. The molecule has 0 aliphatic carbocycles. The molecule has 0 unspecified atom stereocenters. The van der Waals surface area contributed by atoms with E-state index in [1.54, 1.807) is 30.0 Å². The van der Waals surface area contributed by atoms with Gasteiger partial charge in [-0.3, -0.25) is 4.79 Å². The normalized spacial score (nSPS) is 14.9. The Bertz CT molecular complexity index is 1450. The number of hydrogen-bond acceptors (Lipinski definition) is 5. The molecule has 184 valence electrons. The van der Waals surface area contributed by atoms with Crippen molar-refractivity contribution >= 4 is 38.2 Å². The number of H-pyrrole nitrogens is 1. The van der Waals surface area contributed by atoms with Crippen molar-refractivity contribution in [3.8, 4) is 11.1 Å². The topological polar surface area (TPSA) is 117 Å². The molecule has 1 fully saturated rings. The number of carbonyl (C=O) groups excluding carboxylic acids is 1. The summed E-state index contributed by atoms with van der Waals surface area (Å²) in [5, 5.41) is 10.4. The van der Waals surface area contributed by atoms with Gasteiger partial charge in [-0.05, 0) is 24.1 Å². The van der Waals surface area contributed by atoms with Gasteiger partial charge in [0.1, 0.15) is 11.5 Å². The highest BCUT2D eigenvalue weighted by Gasteiger charge is 2.22. The van der Waals surface area contributed by atoms with Gasteiger partial charge in [0, 0.05) is 47.5 Å². The molecule has 1 aliphatic rings. The number of carboxylic acids is 1. The zero-order chi connectivity index (χ0) is 25.3. The molecular weight excluding hydrogens is 475 g/mol. The van der Waals surface area contributed by atoms with Crippen molar-refractivity contribution in [1.82, 2.24) is 9.88 Å². The van der Waals surface area contributed by atoms with E-state index in [-0.39, 0.29) is 22.7 Å². The van der Waals surface area contributed by atoms with E-state index in [1.807, 2.05) is 0 Å². The molecule has 0 bridgehead atoms. The zero-order valence-corrected chi connectivity index (χ0v) is 20.1. The molecule has 35 heavy (non-hydrogen) atoms. The van der Waals surface area contributed by atoms with Crippen LogP contribution in [0.3, 0.4) is 0 Å². The number of carbonyl (C=O) groups is 2. The van der Waals surface area contributed by atoms with E-state index in [0.717, 1.165) is 12.3 Å². The number of nitrogens with zero attached hydrogens (tertiary/aromatic N) is 1. The number of benzene rings is 2. The lowest BCUT2D eigenvalue weighted by atomic mass is 9.97. The molecule has 2 aromatic carbocycles. The highest BCUT2D eigenvalue weighted by Crippen LogP contribution is 2.36. The average molecular weight is 501 g/mol. The van der Waals surface area contributed by atoms with Gasteiger partial charge in [-0.15, -0.1) is 0 Å². The van der Waals surface area contributed by atoms with Crippen molar-refractivity contribution in [3.63, 3.8) is 0 Å². The quantitative estimate of drug-likeness (QED) is 0.501. The van der Waals surface area contributed by atoms with Crippen molar-refractivity contribution in [2.24, 2.45) is 0 Å². The highest BCUT2D eigenvalue weighted by atomic mass is 32.2.